The first-order valence-electron chi connectivity index (χ1n) is 7.01. The zero-order valence-electron chi connectivity index (χ0n) is 11.8. The largest absolute Gasteiger partial charge is 0.456 e. The van der Waals surface area contributed by atoms with E-state index in [-0.39, 0.29) is 11.7 Å². The zero-order valence-corrected chi connectivity index (χ0v) is 12.6. The third kappa shape index (κ3) is 2.76. The quantitative estimate of drug-likeness (QED) is 0.845. The lowest BCUT2D eigenvalue weighted by atomic mass is 10.0. The lowest BCUT2D eigenvalue weighted by molar-refractivity contribution is 0.0995. The highest BCUT2D eigenvalue weighted by Crippen LogP contribution is 2.30. The Balaban J connectivity index is 1.84. The minimum absolute atomic E-state index is 0.254. The highest BCUT2D eigenvalue weighted by atomic mass is 35.5. The second kappa shape index (κ2) is 5.82. The van der Waals surface area contributed by atoms with Crippen molar-refractivity contribution in [3.8, 4) is 0 Å². The van der Waals surface area contributed by atoms with Crippen LogP contribution in [0, 0.1) is 6.92 Å². The van der Waals surface area contributed by atoms with E-state index in [0.717, 1.165) is 36.3 Å². The highest BCUT2D eigenvalue weighted by molar-refractivity contribution is 6.17. The van der Waals surface area contributed by atoms with Gasteiger partial charge in [0.2, 0.25) is 0 Å². The van der Waals surface area contributed by atoms with Gasteiger partial charge in [-0.3, -0.25) is 4.79 Å². The number of carbonyl (C=O) groups excluding carboxylic acids is 1. The minimum atomic E-state index is -0.254. The first kappa shape index (κ1) is 14.0. The van der Waals surface area contributed by atoms with Gasteiger partial charge < -0.3 is 15.1 Å². The van der Waals surface area contributed by atoms with Gasteiger partial charge in [0, 0.05) is 12.1 Å². The molecular weight excluding hydrogens is 288 g/mol. The Hall–Kier alpha value is -1.94. The molecule has 5 heteroatoms. The molecule has 0 spiro atoms. The van der Waals surface area contributed by atoms with Crippen LogP contribution in [0.1, 0.15) is 33.9 Å². The summed E-state index contributed by atoms with van der Waals surface area (Å²) in [5.41, 5.74) is 3.88. The summed E-state index contributed by atoms with van der Waals surface area (Å²) in [6, 6.07) is 7.63. The molecule has 0 radical (unpaired) electrons. The number of furan rings is 1. The van der Waals surface area contributed by atoms with Crippen LogP contribution in [-0.2, 0) is 12.3 Å². The average Bonchev–Trinajstić information content (AvgIpc) is 2.89. The van der Waals surface area contributed by atoms with Gasteiger partial charge in [-0.1, -0.05) is 12.1 Å². The Morgan fingerprint density at radius 3 is 3.10 bits per heavy atom. The molecule has 1 aromatic heterocycles. The standard InChI is InChI=1S/C16H17ClN2O2/c1-10-12(9-17)8-14(21-10)16(20)19-13-6-2-4-11-5-3-7-18-15(11)13/h2,4,6,8,18H,3,5,7,9H2,1H3,(H,19,20). The van der Waals surface area contributed by atoms with E-state index < -0.39 is 0 Å². The molecule has 0 aliphatic carbocycles. The van der Waals surface area contributed by atoms with Gasteiger partial charge in [0.1, 0.15) is 5.76 Å². The first-order chi connectivity index (χ1) is 10.2. The molecule has 3 rings (SSSR count). The summed E-state index contributed by atoms with van der Waals surface area (Å²) in [6.45, 7) is 2.73. The number of para-hydroxylation sites is 1. The smallest absolute Gasteiger partial charge is 0.291 e. The summed E-state index contributed by atoms with van der Waals surface area (Å²) in [5.74, 6) is 1.06. The number of rotatable bonds is 3. The lowest BCUT2D eigenvalue weighted by Gasteiger charge is -2.21. The summed E-state index contributed by atoms with van der Waals surface area (Å²) in [6.07, 6.45) is 2.14. The summed E-state index contributed by atoms with van der Waals surface area (Å²) in [7, 11) is 0. The topological polar surface area (TPSA) is 54.3 Å². The fraction of sp³-hybridized carbons (Fsp3) is 0.312. The lowest BCUT2D eigenvalue weighted by Crippen LogP contribution is -2.17. The first-order valence-corrected chi connectivity index (χ1v) is 7.55. The maximum Gasteiger partial charge on any atom is 0.291 e. The van der Waals surface area contributed by atoms with Crippen LogP contribution in [0.2, 0.25) is 0 Å². The van der Waals surface area contributed by atoms with Crippen molar-refractivity contribution in [2.75, 3.05) is 17.2 Å². The Morgan fingerprint density at radius 2 is 2.33 bits per heavy atom. The molecule has 0 fully saturated rings. The molecule has 0 saturated carbocycles. The molecule has 110 valence electrons. The number of benzene rings is 1. The molecular formula is C16H17ClN2O2. The number of nitrogens with one attached hydrogen (secondary N) is 2. The van der Waals surface area contributed by atoms with Crippen LogP contribution in [0.15, 0.2) is 28.7 Å². The molecule has 2 heterocycles. The van der Waals surface area contributed by atoms with Crippen LogP contribution in [0.3, 0.4) is 0 Å². The van der Waals surface area contributed by atoms with Crippen molar-refractivity contribution < 1.29 is 9.21 Å². The number of fused-ring (bicyclic) bond motifs is 1. The Kier molecular flexibility index (Phi) is 3.88. The van der Waals surface area contributed by atoms with Gasteiger partial charge in [0.25, 0.3) is 5.91 Å². The molecule has 0 unspecified atom stereocenters. The van der Waals surface area contributed by atoms with Gasteiger partial charge in [-0.25, -0.2) is 0 Å². The van der Waals surface area contributed by atoms with Crippen LogP contribution in [0.5, 0.6) is 0 Å². The predicted octanol–water partition coefficient (Wildman–Crippen LogP) is 3.94. The van der Waals surface area contributed by atoms with Gasteiger partial charge in [0.15, 0.2) is 5.76 Å². The number of carbonyl (C=O) groups is 1. The molecule has 2 N–H and O–H groups in total. The van der Waals surface area contributed by atoms with E-state index in [2.05, 4.69) is 16.7 Å². The number of halogens is 1. The monoisotopic (exact) mass is 304 g/mol. The fourth-order valence-corrected chi connectivity index (χ4v) is 2.83. The summed E-state index contributed by atoms with van der Waals surface area (Å²) >= 11 is 5.80. The van der Waals surface area contributed by atoms with Crippen molar-refractivity contribution in [2.45, 2.75) is 25.6 Å². The number of amides is 1. The van der Waals surface area contributed by atoms with E-state index in [9.17, 15) is 4.79 Å². The Morgan fingerprint density at radius 1 is 1.48 bits per heavy atom. The van der Waals surface area contributed by atoms with Gasteiger partial charge in [-0.2, -0.15) is 0 Å². The second-order valence-electron chi connectivity index (χ2n) is 5.15. The van der Waals surface area contributed by atoms with Crippen LogP contribution in [-0.4, -0.2) is 12.5 Å². The molecule has 1 amide bonds. The van der Waals surface area contributed by atoms with Crippen LogP contribution >= 0.6 is 11.6 Å². The molecule has 1 aliphatic rings. The molecule has 1 aromatic carbocycles. The molecule has 0 atom stereocenters. The van der Waals surface area contributed by atoms with E-state index in [1.807, 2.05) is 12.1 Å². The van der Waals surface area contributed by atoms with Gasteiger partial charge >= 0.3 is 0 Å². The van der Waals surface area contributed by atoms with E-state index >= 15 is 0 Å². The average molecular weight is 305 g/mol. The normalized spacial score (nSPS) is 13.4. The van der Waals surface area contributed by atoms with Crippen molar-refractivity contribution in [1.29, 1.82) is 0 Å². The van der Waals surface area contributed by atoms with Crippen molar-refractivity contribution in [3.63, 3.8) is 0 Å². The minimum Gasteiger partial charge on any atom is -0.456 e. The van der Waals surface area contributed by atoms with Gasteiger partial charge in [-0.05, 0) is 37.5 Å². The Labute approximate surface area is 128 Å². The molecule has 1 aliphatic heterocycles. The molecule has 0 bridgehead atoms. The zero-order chi connectivity index (χ0) is 14.8. The predicted molar refractivity (Wildman–Crippen MR) is 84.2 cm³/mol. The van der Waals surface area contributed by atoms with E-state index in [0.29, 0.717) is 11.6 Å². The van der Waals surface area contributed by atoms with E-state index in [4.69, 9.17) is 16.0 Å². The number of hydrogen-bond acceptors (Lipinski definition) is 3. The fourth-order valence-electron chi connectivity index (χ4n) is 2.56. The van der Waals surface area contributed by atoms with Crippen molar-refractivity contribution in [1.82, 2.24) is 0 Å². The van der Waals surface area contributed by atoms with Crippen LogP contribution in [0.25, 0.3) is 0 Å². The van der Waals surface area contributed by atoms with E-state index in [1.165, 1.54) is 5.56 Å². The maximum absolute atomic E-state index is 12.3. The van der Waals surface area contributed by atoms with Crippen molar-refractivity contribution in [2.24, 2.45) is 0 Å². The summed E-state index contributed by atoms with van der Waals surface area (Å²) < 4.78 is 5.47. The third-order valence-electron chi connectivity index (χ3n) is 3.71. The number of hydrogen-bond donors (Lipinski definition) is 2. The third-order valence-corrected chi connectivity index (χ3v) is 4.00. The van der Waals surface area contributed by atoms with E-state index in [1.54, 1.807) is 13.0 Å². The van der Waals surface area contributed by atoms with Crippen molar-refractivity contribution >= 4 is 28.9 Å². The Bertz CT molecular complexity index is 679. The van der Waals surface area contributed by atoms with Gasteiger partial charge in [0.05, 0.1) is 17.3 Å². The number of aryl methyl sites for hydroxylation is 2. The molecule has 4 nitrogen and oxygen atoms in total. The number of alkyl halides is 1. The van der Waals surface area contributed by atoms with Crippen LogP contribution < -0.4 is 10.6 Å². The molecule has 0 saturated heterocycles. The van der Waals surface area contributed by atoms with Gasteiger partial charge in [-0.15, -0.1) is 11.6 Å². The summed E-state index contributed by atoms with van der Waals surface area (Å²) in [4.78, 5) is 12.3. The van der Waals surface area contributed by atoms with Crippen molar-refractivity contribution in [3.05, 3.63) is 46.9 Å². The SMILES string of the molecule is Cc1oc(C(=O)Nc2cccc3c2NCCC3)cc1CCl. The van der Waals surface area contributed by atoms with Crippen LogP contribution in [0.4, 0.5) is 11.4 Å². The molecule has 2 aromatic rings. The summed E-state index contributed by atoms with van der Waals surface area (Å²) in [5, 5.41) is 6.26. The highest BCUT2D eigenvalue weighted by Gasteiger charge is 2.18. The maximum atomic E-state index is 12.3. The number of anilines is 2. The second-order valence-corrected chi connectivity index (χ2v) is 5.42. The molecule has 21 heavy (non-hydrogen) atoms.